The van der Waals surface area contributed by atoms with E-state index in [1.165, 1.54) is 29.5 Å². The van der Waals surface area contributed by atoms with Crippen LogP contribution in [0.5, 0.6) is 11.5 Å². The molecule has 13 heteroatoms. The number of non-ortho nitro benzene ring substituents is 1. The normalized spacial score (nSPS) is 16.8. The van der Waals surface area contributed by atoms with Crippen molar-refractivity contribution in [2.75, 3.05) is 10.6 Å². The van der Waals surface area contributed by atoms with Gasteiger partial charge in [0.25, 0.3) is 11.6 Å². The number of fused-ring (bicyclic) bond motifs is 1. The lowest BCUT2D eigenvalue weighted by atomic mass is 10.0. The van der Waals surface area contributed by atoms with E-state index < -0.39 is 29.1 Å². The molecule has 0 radical (unpaired) electrons. The molecule has 0 saturated carbocycles. The summed E-state index contributed by atoms with van der Waals surface area (Å²) in [6.07, 6.45) is -4.88. The van der Waals surface area contributed by atoms with Gasteiger partial charge < -0.3 is 15.4 Å². The molecule has 1 aliphatic heterocycles. The summed E-state index contributed by atoms with van der Waals surface area (Å²) in [5, 5.41) is 22.7. The average molecular weight is 544 g/mol. The lowest BCUT2D eigenvalue weighted by Crippen LogP contribution is -2.35. The van der Waals surface area contributed by atoms with E-state index in [0.29, 0.717) is 5.75 Å². The van der Waals surface area contributed by atoms with Crippen molar-refractivity contribution in [3.63, 3.8) is 0 Å². The second-order valence-corrected chi connectivity index (χ2v) is 9.69. The zero-order valence-corrected chi connectivity index (χ0v) is 20.5. The van der Waals surface area contributed by atoms with Gasteiger partial charge >= 0.3 is 6.18 Å². The molecule has 2 aromatic carbocycles. The van der Waals surface area contributed by atoms with Crippen LogP contribution in [-0.2, 0) is 0 Å². The molecule has 2 atom stereocenters. The predicted octanol–water partition coefficient (Wildman–Crippen LogP) is 6.87. The number of aromatic nitrogens is 2. The highest BCUT2D eigenvalue weighted by Crippen LogP contribution is 2.44. The molecule has 0 aliphatic carbocycles. The molecular formula is C25H20F3N5O4S. The van der Waals surface area contributed by atoms with Crippen LogP contribution in [0.4, 0.5) is 30.4 Å². The molecular weight excluding hydrogens is 523 g/mol. The fourth-order valence-corrected chi connectivity index (χ4v) is 4.98. The van der Waals surface area contributed by atoms with Crippen molar-refractivity contribution in [2.24, 2.45) is 0 Å². The third-order valence-corrected chi connectivity index (χ3v) is 6.88. The van der Waals surface area contributed by atoms with Crippen LogP contribution in [0.15, 0.2) is 66.0 Å². The molecule has 38 heavy (non-hydrogen) atoms. The Bertz CT molecular complexity index is 1500. The zero-order valence-electron chi connectivity index (χ0n) is 19.7. The number of amides is 1. The third-order valence-electron chi connectivity index (χ3n) is 5.89. The standard InChI is InChI=1S/C25H20F3N5O4S/c1-14-4-2-5-17(8-14)37-18-10-15(9-16(11-18)33(35)36)29-24(34)20-13-23-30-19(21-6-3-7-38-21)12-22(25(26,27)28)32(23)31-20/h2-11,13,19,22,30H,12H2,1H3,(H,29,34)/t19-,22-/m1/s1. The first-order valence-corrected chi connectivity index (χ1v) is 12.3. The number of hydrogen-bond donors (Lipinski definition) is 2. The fourth-order valence-electron chi connectivity index (χ4n) is 4.19. The summed E-state index contributed by atoms with van der Waals surface area (Å²) in [4.78, 5) is 24.5. The Labute approximate surface area is 218 Å². The van der Waals surface area contributed by atoms with Crippen LogP contribution in [0.3, 0.4) is 0 Å². The highest BCUT2D eigenvalue weighted by Gasteiger charge is 2.47. The maximum absolute atomic E-state index is 13.9. The topological polar surface area (TPSA) is 111 Å². The van der Waals surface area contributed by atoms with Crippen molar-refractivity contribution in [1.82, 2.24) is 9.78 Å². The van der Waals surface area contributed by atoms with E-state index in [1.807, 2.05) is 13.0 Å². The van der Waals surface area contributed by atoms with E-state index in [-0.39, 0.29) is 35.1 Å². The van der Waals surface area contributed by atoms with E-state index in [9.17, 15) is 28.1 Å². The number of halogens is 3. The van der Waals surface area contributed by atoms with Gasteiger partial charge in [-0.2, -0.15) is 18.3 Å². The number of rotatable bonds is 6. The summed E-state index contributed by atoms with van der Waals surface area (Å²) in [6.45, 7) is 1.86. The Balaban J connectivity index is 1.42. The molecule has 1 aliphatic rings. The number of nitrogens with one attached hydrogen (secondary N) is 2. The molecule has 4 aromatic rings. The molecule has 3 heterocycles. The van der Waals surface area contributed by atoms with Gasteiger partial charge in [0.1, 0.15) is 17.3 Å². The molecule has 0 unspecified atom stereocenters. The van der Waals surface area contributed by atoms with Gasteiger partial charge in [0.05, 0.1) is 22.7 Å². The smallest absolute Gasteiger partial charge is 0.410 e. The van der Waals surface area contributed by atoms with Gasteiger partial charge in [-0.1, -0.05) is 18.2 Å². The number of aryl methyl sites for hydroxylation is 1. The summed E-state index contributed by atoms with van der Waals surface area (Å²) in [6, 6.07) is 12.9. The van der Waals surface area contributed by atoms with Crippen molar-refractivity contribution >= 4 is 34.4 Å². The number of carbonyl (C=O) groups is 1. The van der Waals surface area contributed by atoms with Gasteiger partial charge in [0, 0.05) is 29.5 Å². The minimum absolute atomic E-state index is 0.0228. The first-order valence-electron chi connectivity index (χ1n) is 11.4. The molecule has 2 aromatic heterocycles. The molecule has 1 amide bonds. The molecule has 0 bridgehead atoms. The highest BCUT2D eigenvalue weighted by molar-refractivity contribution is 7.10. The number of nitro benzene ring substituents is 1. The second kappa shape index (κ2) is 9.82. The lowest BCUT2D eigenvalue weighted by molar-refractivity contribution is -0.384. The number of benzene rings is 2. The summed E-state index contributed by atoms with van der Waals surface area (Å²) < 4.78 is 48.2. The number of alkyl halides is 3. The van der Waals surface area contributed by atoms with Crippen molar-refractivity contribution in [3.05, 3.63) is 92.3 Å². The molecule has 5 rings (SSSR count). The van der Waals surface area contributed by atoms with Crippen molar-refractivity contribution in [2.45, 2.75) is 31.6 Å². The van der Waals surface area contributed by atoms with Gasteiger partial charge in [-0.3, -0.25) is 14.9 Å². The SMILES string of the molecule is Cc1cccc(Oc2cc(NC(=O)c3cc4n(n3)[C@@H](C(F)(F)F)C[C@H](c3cccs3)N4)cc([N+](=O)[O-])c2)c1. The molecule has 2 N–H and O–H groups in total. The van der Waals surface area contributed by atoms with E-state index >= 15 is 0 Å². The molecule has 0 spiro atoms. The van der Waals surface area contributed by atoms with Gasteiger partial charge in [-0.15, -0.1) is 11.3 Å². The molecule has 0 saturated heterocycles. The van der Waals surface area contributed by atoms with E-state index in [0.717, 1.165) is 21.2 Å². The average Bonchev–Trinajstić information content (AvgIpc) is 3.53. The van der Waals surface area contributed by atoms with Crippen LogP contribution in [0.25, 0.3) is 0 Å². The number of nitro groups is 1. The maximum Gasteiger partial charge on any atom is 0.410 e. The number of thiophene rings is 1. The third kappa shape index (κ3) is 5.32. The van der Waals surface area contributed by atoms with Crippen LogP contribution < -0.4 is 15.4 Å². The quantitative estimate of drug-likeness (QED) is 0.203. The van der Waals surface area contributed by atoms with Crippen LogP contribution in [0.2, 0.25) is 0 Å². The van der Waals surface area contributed by atoms with Crippen LogP contribution in [0, 0.1) is 17.0 Å². The number of ether oxygens (including phenoxy) is 1. The minimum Gasteiger partial charge on any atom is -0.457 e. The van der Waals surface area contributed by atoms with Gasteiger partial charge in [0.15, 0.2) is 11.7 Å². The Kier molecular flexibility index (Phi) is 6.53. The summed E-state index contributed by atoms with van der Waals surface area (Å²) in [5.74, 6) is -0.245. The summed E-state index contributed by atoms with van der Waals surface area (Å²) >= 11 is 1.33. The van der Waals surface area contributed by atoms with Gasteiger partial charge in [0.2, 0.25) is 0 Å². The van der Waals surface area contributed by atoms with Crippen LogP contribution >= 0.6 is 11.3 Å². The Morgan fingerprint density at radius 3 is 2.68 bits per heavy atom. The molecule has 9 nitrogen and oxygen atoms in total. The van der Waals surface area contributed by atoms with Crippen molar-refractivity contribution < 1.29 is 27.6 Å². The molecule has 0 fully saturated rings. The summed E-state index contributed by atoms with van der Waals surface area (Å²) in [5.41, 5.74) is 0.320. The first-order chi connectivity index (χ1) is 18.1. The zero-order chi connectivity index (χ0) is 27.0. The van der Waals surface area contributed by atoms with Crippen LogP contribution in [0.1, 0.15) is 39.4 Å². The van der Waals surface area contributed by atoms with E-state index in [2.05, 4.69) is 15.7 Å². The number of nitrogens with zero attached hydrogens (tertiary/aromatic N) is 3. The first kappa shape index (κ1) is 25.3. The highest BCUT2D eigenvalue weighted by atomic mass is 32.1. The van der Waals surface area contributed by atoms with Crippen LogP contribution in [-0.4, -0.2) is 26.8 Å². The van der Waals surface area contributed by atoms with Crippen molar-refractivity contribution in [1.29, 1.82) is 0 Å². The van der Waals surface area contributed by atoms with Crippen molar-refractivity contribution in [3.8, 4) is 11.5 Å². The maximum atomic E-state index is 13.9. The Hall–Kier alpha value is -4.39. The lowest BCUT2D eigenvalue weighted by Gasteiger charge is -2.32. The Morgan fingerprint density at radius 2 is 2.00 bits per heavy atom. The van der Waals surface area contributed by atoms with E-state index in [4.69, 9.17) is 4.74 Å². The fraction of sp³-hybridized carbons (Fsp3) is 0.200. The monoisotopic (exact) mass is 543 g/mol. The van der Waals surface area contributed by atoms with Gasteiger partial charge in [-0.05, 0) is 36.1 Å². The molecule has 196 valence electrons. The number of carbonyl (C=O) groups excluding carboxylic acids is 1. The minimum atomic E-state index is -4.59. The van der Waals surface area contributed by atoms with E-state index in [1.54, 1.807) is 35.7 Å². The summed E-state index contributed by atoms with van der Waals surface area (Å²) in [7, 11) is 0. The number of anilines is 2. The van der Waals surface area contributed by atoms with Gasteiger partial charge in [-0.25, -0.2) is 4.68 Å². The predicted molar refractivity (Wildman–Crippen MR) is 135 cm³/mol. The largest absolute Gasteiger partial charge is 0.457 e. The number of hydrogen-bond acceptors (Lipinski definition) is 7. The Morgan fingerprint density at radius 1 is 1.18 bits per heavy atom. The second-order valence-electron chi connectivity index (χ2n) is 8.71.